The van der Waals surface area contributed by atoms with Crippen molar-refractivity contribution in [2.24, 2.45) is 0 Å². The van der Waals surface area contributed by atoms with E-state index in [-0.39, 0.29) is 61.2 Å². The highest BCUT2D eigenvalue weighted by Gasteiger charge is 2.07. The van der Waals surface area contributed by atoms with Gasteiger partial charge in [-0.25, -0.2) is 19.2 Å². The number of benzene rings is 2. The minimum Gasteiger partial charge on any atom is -0.481 e. The average molecular weight is 729 g/mol. The summed E-state index contributed by atoms with van der Waals surface area (Å²) in [5, 5.41) is 82.1. The van der Waals surface area contributed by atoms with Gasteiger partial charge in [-0.15, -0.1) is 0 Å². The van der Waals surface area contributed by atoms with Gasteiger partial charge in [0.15, 0.2) is 0 Å². The molecule has 0 amide bonds. The van der Waals surface area contributed by atoms with Crippen molar-refractivity contribution in [1.29, 1.82) is 0 Å². The molecule has 0 aliphatic carbocycles. The van der Waals surface area contributed by atoms with E-state index < -0.39 is 47.8 Å². The Bertz CT molecular complexity index is 1270. The van der Waals surface area contributed by atoms with E-state index >= 15 is 0 Å². The molecule has 284 valence electrons. The number of aliphatic hydroxyl groups excluding tert-OH is 2. The summed E-state index contributed by atoms with van der Waals surface area (Å²) in [5.74, 6) is -7.64. The van der Waals surface area contributed by atoms with E-state index in [1.165, 1.54) is 42.5 Å². The molecule has 0 fully saturated rings. The van der Waals surface area contributed by atoms with Crippen molar-refractivity contribution in [2.75, 3.05) is 13.2 Å². The number of aliphatic carboxylic acids is 4. The molecule has 0 aliphatic rings. The van der Waals surface area contributed by atoms with Crippen molar-refractivity contribution in [3.8, 4) is 0 Å². The topological polar surface area (TPSA) is 339 Å². The minimum absolute atomic E-state index is 0.0186. The van der Waals surface area contributed by atoms with Gasteiger partial charge in [-0.05, 0) is 68.1 Å². The number of rotatable bonds is 18. The Kier molecular flexibility index (Phi) is 30.5. The van der Waals surface area contributed by atoms with Crippen LogP contribution in [0.3, 0.4) is 0 Å². The van der Waals surface area contributed by atoms with E-state index in [0.717, 1.165) is 25.3 Å². The predicted molar refractivity (Wildman–Crippen MR) is 176 cm³/mol. The molecule has 2 rings (SSSR count). The molecule has 10 N–H and O–H groups in total. The second-order valence-electron chi connectivity index (χ2n) is 9.88. The molecular weight excluding hydrogens is 684 g/mol. The van der Waals surface area contributed by atoms with Gasteiger partial charge in [0.2, 0.25) is 0 Å². The van der Waals surface area contributed by atoms with Crippen molar-refractivity contribution in [3.63, 3.8) is 0 Å². The van der Waals surface area contributed by atoms with Crippen LogP contribution in [0.5, 0.6) is 0 Å². The fraction of sp³-hybridized carbons (Fsp3) is 0.394. The molecule has 0 aliphatic heterocycles. The first-order valence-electron chi connectivity index (χ1n) is 15.1. The molecule has 0 saturated carbocycles. The third-order valence-electron chi connectivity index (χ3n) is 5.65. The summed E-state index contributed by atoms with van der Waals surface area (Å²) in [6.45, 7) is -0.250. The number of carboxylic acids is 8. The van der Waals surface area contributed by atoms with Crippen molar-refractivity contribution in [3.05, 3.63) is 70.8 Å². The van der Waals surface area contributed by atoms with Gasteiger partial charge in [-0.3, -0.25) is 19.2 Å². The summed E-state index contributed by atoms with van der Waals surface area (Å²) in [6, 6.07) is 10.2. The second kappa shape index (κ2) is 31.4. The number of carbonyl (C=O) groups is 8. The third kappa shape index (κ3) is 33.8. The van der Waals surface area contributed by atoms with E-state index in [1.807, 2.05) is 0 Å². The molecule has 0 atom stereocenters. The maximum Gasteiger partial charge on any atom is 0.335 e. The lowest BCUT2D eigenvalue weighted by Gasteiger charge is -1.97. The zero-order valence-electron chi connectivity index (χ0n) is 27.5. The Morgan fingerprint density at radius 3 is 0.804 bits per heavy atom. The molecule has 0 bridgehead atoms. The summed E-state index contributed by atoms with van der Waals surface area (Å²) in [6.07, 6.45) is 5.55. The molecule has 0 radical (unpaired) electrons. The number of unbranched alkanes of at least 4 members (excludes halogenated alkanes) is 5. The molecular formula is C33H44O18. The van der Waals surface area contributed by atoms with Crippen LogP contribution in [0.1, 0.15) is 112 Å². The minimum atomic E-state index is -1.13. The normalized spacial score (nSPS) is 9.29. The Morgan fingerprint density at radius 2 is 0.588 bits per heavy atom. The zero-order valence-corrected chi connectivity index (χ0v) is 27.5. The van der Waals surface area contributed by atoms with Gasteiger partial charge in [0.05, 0.1) is 35.5 Å². The van der Waals surface area contributed by atoms with Crippen molar-refractivity contribution in [2.45, 2.75) is 70.6 Å². The van der Waals surface area contributed by atoms with Crippen molar-refractivity contribution < 1.29 is 89.4 Å². The highest BCUT2D eigenvalue weighted by atomic mass is 16.4. The Balaban J connectivity index is -0.000000583. The molecule has 0 heterocycles. The number of aliphatic hydroxyl groups is 2. The van der Waals surface area contributed by atoms with Gasteiger partial charge in [-0.2, -0.15) is 0 Å². The fourth-order valence-electron chi connectivity index (χ4n) is 3.18. The number of carboxylic acid groups (broad SMARTS) is 8. The van der Waals surface area contributed by atoms with E-state index in [2.05, 4.69) is 0 Å². The van der Waals surface area contributed by atoms with Crippen LogP contribution in [0.15, 0.2) is 48.5 Å². The van der Waals surface area contributed by atoms with Crippen LogP contribution in [0.4, 0.5) is 0 Å². The molecule has 0 unspecified atom stereocenters. The number of aromatic carboxylic acids is 4. The van der Waals surface area contributed by atoms with Gasteiger partial charge < -0.3 is 51.1 Å². The highest BCUT2D eigenvalue weighted by molar-refractivity contribution is 5.93. The van der Waals surface area contributed by atoms with Crippen LogP contribution in [-0.4, -0.2) is 112 Å². The maximum atomic E-state index is 10.4. The molecule has 2 aromatic carbocycles. The lowest BCUT2D eigenvalue weighted by molar-refractivity contribution is -0.139. The summed E-state index contributed by atoms with van der Waals surface area (Å²) < 4.78 is 0. The summed E-state index contributed by atoms with van der Waals surface area (Å²) in [5.41, 5.74) is 0.129. The van der Waals surface area contributed by atoms with Gasteiger partial charge >= 0.3 is 47.8 Å². The van der Waals surface area contributed by atoms with E-state index in [0.29, 0.717) is 25.7 Å². The predicted octanol–water partition coefficient (Wildman–Crippen LogP) is 3.74. The van der Waals surface area contributed by atoms with Gasteiger partial charge in [-0.1, -0.05) is 25.3 Å². The Labute approximate surface area is 291 Å². The van der Waals surface area contributed by atoms with Gasteiger partial charge in [0.1, 0.15) is 0 Å². The van der Waals surface area contributed by atoms with Gasteiger partial charge in [0, 0.05) is 25.7 Å². The number of hydrogen-bond acceptors (Lipinski definition) is 10. The zero-order chi connectivity index (χ0) is 39.8. The first-order chi connectivity index (χ1) is 23.9. The standard InChI is InChI=1S/C9H16O4.2C8H6O4.C6H10O4.C2H6O2/c10-8(11)6-4-2-1-3-5-7-9(12)13;9-7(10)5-1-2-6(4-3-5)8(11)12;9-7(10)5-2-1-3-6(4-5)8(11)12;7-5(8)3-1-2-4-6(9)10;3-1-2-4/h1-7H2,(H,10,11)(H,12,13);2*1-4H,(H,9,10)(H,11,12);1-4H2,(H,7,8)(H,9,10);3-4H,1-2H2. The fourth-order valence-corrected chi connectivity index (χ4v) is 3.18. The van der Waals surface area contributed by atoms with Crippen LogP contribution in [0.2, 0.25) is 0 Å². The highest BCUT2D eigenvalue weighted by Crippen LogP contribution is 2.07. The van der Waals surface area contributed by atoms with Crippen LogP contribution in [-0.2, 0) is 19.2 Å². The molecule has 18 nitrogen and oxygen atoms in total. The molecule has 18 heteroatoms. The van der Waals surface area contributed by atoms with Crippen LogP contribution in [0.25, 0.3) is 0 Å². The summed E-state index contributed by atoms with van der Waals surface area (Å²) in [7, 11) is 0. The largest absolute Gasteiger partial charge is 0.481 e. The summed E-state index contributed by atoms with van der Waals surface area (Å²) in [4.78, 5) is 81.4. The maximum absolute atomic E-state index is 10.4. The SMILES string of the molecule is O=C(O)CCCCC(=O)O.O=C(O)CCCCCCCC(=O)O.O=C(O)c1ccc(C(=O)O)cc1.O=C(O)c1cccc(C(=O)O)c1.OCCO. The van der Waals surface area contributed by atoms with E-state index in [9.17, 15) is 38.4 Å². The monoisotopic (exact) mass is 728 g/mol. The quantitative estimate of drug-likeness (QED) is 0.0977. The Hall–Kier alpha value is -5.88. The van der Waals surface area contributed by atoms with Crippen LogP contribution in [0, 0.1) is 0 Å². The van der Waals surface area contributed by atoms with E-state index in [1.54, 1.807) is 0 Å². The lowest BCUT2D eigenvalue weighted by atomic mass is 10.1. The molecule has 51 heavy (non-hydrogen) atoms. The van der Waals surface area contributed by atoms with E-state index in [4.69, 9.17) is 51.1 Å². The lowest BCUT2D eigenvalue weighted by Crippen LogP contribution is -2.01. The van der Waals surface area contributed by atoms with Crippen LogP contribution >= 0.6 is 0 Å². The number of hydrogen-bond donors (Lipinski definition) is 10. The first-order valence-corrected chi connectivity index (χ1v) is 15.1. The van der Waals surface area contributed by atoms with Gasteiger partial charge in [0.25, 0.3) is 0 Å². The van der Waals surface area contributed by atoms with Crippen LogP contribution < -0.4 is 0 Å². The second-order valence-corrected chi connectivity index (χ2v) is 9.88. The Morgan fingerprint density at radius 1 is 0.353 bits per heavy atom. The van der Waals surface area contributed by atoms with Crippen molar-refractivity contribution >= 4 is 47.8 Å². The first kappa shape index (κ1) is 49.5. The molecule has 0 saturated heterocycles. The molecule has 0 aromatic heterocycles. The molecule has 2 aromatic rings. The summed E-state index contributed by atoms with van der Waals surface area (Å²) >= 11 is 0. The third-order valence-corrected chi connectivity index (χ3v) is 5.65. The molecule has 0 spiro atoms. The average Bonchev–Trinajstić information content (AvgIpc) is 3.07. The van der Waals surface area contributed by atoms with Crippen molar-refractivity contribution in [1.82, 2.24) is 0 Å². The smallest absolute Gasteiger partial charge is 0.335 e.